The molecule has 4 heterocycles. The third-order valence-electron chi connectivity index (χ3n) is 5.28. The monoisotopic (exact) mass is 415 g/mol. The molecule has 6 nitrogen and oxygen atoms in total. The number of ether oxygens (including phenoxy) is 1. The van der Waals surface area contributed by atoms with Gasteiger partial charge in [-0.1, -0.05) is 6.07 Å². The molecule has 28 heavy (non-hydrogen) atoms. The molecule has 1 aliphatic heterocycles. The average Bonchev–Trinajstić information content (AvgIpc) is 3.38. The Morgan fingerprint density at radius 3 is 2.89 bits per heavy atom. The van der Waals surface area contributed by atoms with Crippen LogP contribution < -0.4 is 15.8 Å². The van der Waals surface area contributed by atoms with E-state index in [0.717, 1.165) is 51.4 Å². The number of rotatable bonds is 3. The predicted octanol–water partition coefficient (Wildman–Crippen LogP) is 4.17. The maximum Gasteiger partial charge on any atom is 0.146 e. The Morgan fingerprint density at radius 1 is 1.29 bits per heavy atom. The zero-order valence-electron chi connectivity index (χ0n) is 15.7. The topological polar surface area (TPSA) is 78.0 Å². The number of aromatic nitrogens is 3. The first-order valence-electron chi connectivity index (χ1n) is 9.06. The molecule has 146 valence electrons. The van der Waals surface area contributed by atoms with Crippen molar-refractivity contribution in [2.45, 2.75) is 19.4 Å². The van der Waals surface area contributed by atoms with Gasteiger partial charge in [-0.05, 0) is 43.0 Å². The molecule has 1 atom stereocenters. The number of hydrogen-bond acceptors (Lipinski definition) is 6. The summed E-state index contributed by atoms with van der Waals surface area (Å²) in [7, 11) is 1.72. The fraction of sp³-hybridized carbons (Fsp3) is 0.300. The molecule has 1 saturated heterocycles. The highest BCUT2D eigenvalue weighted by Crippen LogP contribution is 2.43. The van der Waals surface area contributed by atoms with Gasteiger partial charge in [-0.15, -0.1) is 23.7 Å². The lowest BCUT2D eigenvalue weighted by atomic mass is 10.1. The van der Waals surface area contributed by atoms with Crippen LogP contribution in [-0.2, 0) is 0 Å². The quantitative estimate of drug-likeness (QED) is 0.525. The van der Waals surface area contributed by atoms with Gasteiger partial charge in [-0.2, -0.15) is 0 Å². The number of anilines is 1. The first-order valence-corrected chi connectivity index (χ1v) is 9.87. The van der Waals surface area contributed by atoms with Crippen LogP contribution in [0.15, 0.2) is 30.7 Å². The van der Waals surface area contributed by atoms with Crippen LogP contribution >= 0.6 is 23.7 Å². The number of nitrogens with two attached hydrogens (primary N) is 1. The number of fused-ring (bicyclic) bond motifs is 2. The van der Waals surface area contributed by atoms with E-state index in [2.05, 4.69) is 51.2 Å². The number of thiophene rings is 1. The number of nitrogens with one attached hydrogen (secondary N) is 1. The molecule has 8 heteroatoms. The second-order valence-electron chi connectivity index (χ2n) is 7.05. The highest BCUT2D eigenvalue weighted by molar-refractivity contribution is 7.22. The molecular formula is C20H22ClN5OS. The Balaban J connectivity index is 0.00000192. The minimum atomic E-state index is 0. The Kier molecular flexibility index (Phi) is 4.91. The fourth-order valence-corrected chi connectivity index (χ4v) is 5.15. The lowest BCUT2D eigenvalue weighted by Crippen LogP contribution is -2.13. The van der Waals surface area contributed by atoms with Crippen LogP contribution in [0.1, 0.15) is 18.0 Å². The molecule has 4 aromatic rings. The first kappa shape index (κ1) is 19.0. The average molecular weight is 416 g/mol. The number of nitrogens with zero attached hydrogens (tertiary/aromatic N) is 3. The van der Waals surface area contributed by atoms with Crippen LogP contribution in [-0.4, -0.2) is 34.7 Å². The summed E-state index contributed by atoms with van der Waals surface area (Å²) >= 11 is 1.72. The van der Waals surface area contributed by atoms with E-state index in [9.17, 15) is 0 Å². The van der Waals surface area contributed by atoms with Crippen LogP contribution in [0.5, 0.6) is 5.75 Å². The molecule has 0 saturated carbocycles. The first-order chi connectivity index (χ1) is 13.2. The zero-order valence-corrected chi connectivity index (χ0v) is 17.4. The van der Waals surface area contributed by atoms with Crippen LogP contribution in [0.2, 0.25) is 0 Å². The van der Waals surface area contributed by atoms with Crippen molar-refractivity contribution in [1.29, 1.82) is 0 Å². The summed E-state index contributed by atoms with van der Waals surface area (Å²) in [4.78, 5) is 9.97. The van der Waals surface area contributed by atoms with Crippen molar-refractivity contribution in [2.24, 2.45) is 0 Å². The molecule has 0 aliphatic carbocycles. The number of methoxy groups -OCH3 is 1. The van der Waals surface area contributed by atoms with E-state index in [1.54, 1.807) is 24.8 Å². The van der Waals surface area contributed by atoms with E-state index >= 15 is 0 Å². The van der Waals surface area contributed by atoms with Gasteiger partial charge >= 0.3 is 0 Å². The maximum atomic E-state index is 6.28. The minimum Gasteiger partial charge on any atom is -0.495 e. The predicted molar refractivity (Wildman–Crippen MR) is 118 cm³/mol. The summed E-state index contributed by atoms with van der Waals surface area (Å²) in [6.07, 6.45) is 4.83. The van der Waals surface area contributed by atoms with Crippen molar-refractivity contribution in [3.8, 4) is 16.2 Å². The normalized spacial score (nSPS) is 16.6. The molecule has 1 fully saturated rings. The fourth-order valence-electron chi connectivity index (χ4n) is 4.00. The molecular weight excluding hydrogens is 394 g/mol. The Morgan fingerprint density at radius 2 is 2.14 bits per heavy atom. The standard InChI is InChI=1S/C20H21N5OS.ClH/c1-11-5-12-7-16(27-18(12)15(6-11)26-2)14-9-25(13-3-4-22-8-13)20-17(14)19(21)23-10-24-20;/h5-7,9-10,13,22H,3-4,8H2,1-2H3,(H2,21,23,24);1H/t13-;/m0./s1. The van der Waals surface area contributed by atoms with Crippen molar-refractivity contribution in [3.05, 3.63) is 36.3 Å². The van der Waals surface area contributed by atoms with E-state index in [0.29, 0.717) is 11.9 Å². The van der Waals surface area contributed by atoms with Gasteiger partial charge in [0, 0.05) is 29.2 Å². The molecule has 1 aliphatic rings. The van der Waals surface area contributed by atoms with Crippen molar-refractivity contribution in [1.82, 2.24) is 19.9 Å². The molecule has 3 aromatic heterocycles. The molecule has 0 unspecified atom stereocenters. The lowest BCUT2D eigenvalue weighted by molar-refractivity contribution is 0.420. The van der Waals surface area contributed by atoms with Gasteiger partial charge in [-0.25, -0.2) is 9.97 Å². The molecule has 0 bridgehead atoms. The molecule has 5 rings (SSSR count). The molecule has 3 N–H and O–H groups in total. The Labute approximate surface area is 173 Å². The van der Waals surface area contributed by atoms with Crippen molar-refractivity contribution >= 4 is 50.7 Å². The van der Waals surface area contributed by atoms with Crippen LogP contribution in [0, 0.1) is 6.92 Å². The largest absolute Gasteiger partial charge is 0.495 e. The lowest BCUT2D eigenvalue weighted by Gasteiger charge is -2.11. The number of nitrogen functional groups attached to an aromatic ring is 1. The maximum absolute atomic E-state index is 6.28. The van der Waals surface area contributed by atoms with Crippen LogP contribution in [0.4, 0.5) is 5.82 Å². The summed E-state index contributed by atoms with van der Waals surface area (Å²) < 4.78 is 9.01. The summed E-state index contributed by atoms with van der Waals surface area (Å²) in [6, 6.07) is 6.88. The van der Waals surface area contributed by atoms with Crippen molar-refractivity contribution < 1.29 is 4.74 Å². The number of aryl methyl sites for hydroxylation is 1. The highest BCUT2D eigenvalue weighted by Gasteiger charge is 2.23. The third-order valence-corrected chi connectivity index (χ3v) is 6.48. The van der Waals surface area contributed by atoms with E-state index in [4.69, 9.17) is 10.5 Å². The number of hydrogen-bond donors (Lipinski definition) is 2. The van der Waals surface area contributed by atoms with E-state index in [1.807, 2.05) is 0 Å². The zero-order chi connectivity index (χ0) is 18.5. The number of halogens is 1. The van der Waals surface area contributed by atoms with E-state index < -0.39 is 0 Å². The molecule has 1 aromatic carbocycles. The second kappa shape index (κ2) is 7.24. The summed E-state index contributed by atoms with van der Waals surface area (Å²) in [5.41, 5.74) is 9.47. The van der Waals surface area contributed by atoms with Gasteiger partial charge in [0.1, 0.15) is 23.5 Å². The summed E-state index contributed by atoms with van der Waals surface area (Å²) in [6.45, 7) is 4.07. The van der Waals surface area contributed by atoms with E-state index in [-0.39, 0.29) is 12.4 Å². The second-order valence-corrected chi connectivity index (χ2v) is 8.10. The van der Waals surface area contributed by atoms with Gasteiger partial charge in [0.05, 0.1) is 17.2 Å². The smallest absolute Gasteiger partial charge is 0.146 e. The third kappa shape index (κ3) is 2.90. The van der Waals surface area contributed by atoms with Gasteiger partial charge in [0.15, 0.2) is 0 Å². The van der Waals surface area contributed by atoms with E-state index in [1.165, 1.54) is 10.9 Å². The summed E-state index contributed by atoms with van der Waals surface area (Å²) in [5, 5.41) is 5.56. The SMILES string of the molecule is COc1cc(C)cc2cc(-c3cn([C@H]4CCNC4)c4ncnc(N)c34)sc12.Cl. The highest BCUT2D eigenvalue weighted by atomic mass is 35.5. The molecule has 0 radical (unpaired) electrons. The van der Waals surface area contributed by atoms with Crippen molar-refractivity contribution in [3.63, 3.8) is 0 Å². The molecule has 0 spiro atoms. The van der Waals surface area contributed by atoms with Gasteiger partial charge < -0.3 is 20.4 Å². The molecule has 0 amide bonds. The van der Waals surface area contributed by atoms with Crippen LogP contribution in [0.3, 0.4) is 0 Å². The van der Waals surface area contributed by atoms with Gasteiger partial charge in [-0.3, -0.25) is 0 Å². The van der Waals surface area contributed by atoms with Crippen LogP contribution in [0.25, 0.3) is 31.6 Å². The Hall–Kier alpha value is -2.35. The van der Waals surface area contributed by atoms with Crippen molar-refractivity contribution in [2.75, 3.05) is 25.9 Å². The van der Waals surface area contributed by atoms with Gasteiger partial charge in [0.25, 0.3) is 0 Å². The minimum absolute atomic E-state index is 0. The number of benzene rings is 1. The Bertz CT molecular complexity index is 1160. The van der Waals surface area contributed by atoms with Gasteiger partial charge in [0.2, 0.25) is 0 Å². The summed E-state index contributed by atoms with van der Waals surface area (Å²) in [5.74, 6) is 1.44.